The van der Waals surface area contributed by atoms with Crippen molar-refractivity contribution in [2.75, 3.05) is 0 Å². The SMILES string of the molecule is CC(C)(C)OOOC=O. The Kier molecular flexibility index (Phi) is 3.19. The van der Waals surface area contributed by atoms with Crippen LogP contribution in [-0.2, 0) is 19.6 Å². The number of hydrogen-bond acceptors (Lipinski definition) is 4. The Morgan fingerprint density at radius 1 is 1.33 bits per heavy atom. The van der Waals surface area contributed by atoms with Gasteiger partial charge in [-0.15, -0.1) is 0 Å². The van der Waals surface area contributed by atoms with E-state index in [-0.39, 0.29) is 6.47 Å². The molecule has 0 atom stereocenters. The Morgan fingerprint density at radius 3 is 2.22 bits per heavy atom. The molecule has 54 valence electrons. The van der Waals surface area contributed by atoms with Gasteiger partial charge in [0.05, 0.1) is 5.60 Å². The molecule has 0 fully saturated rings. The Balaban J connectivity index is 3.17. The lowest BCUT2D eigenvalue weighted by molar-refractivity contribution is -0.510. The maximum Gasteiger partial charge on any atom is 0.334 e. The normalized spacial score (nSPS) is 11.0. The molecular weight excluding hydrogens is 124 g/mol. The number of carbonyl (C=O) groups excluding carboxylic acids is 1. The minimum absolute atomic E-state index is 0.145. The highest BCUT2D eigenvalue weighted by molar-refractivity contribution is 5.35. The molecule has 4 nitrogen and oxygen atoms in total. The molecule has 9 heavy (non-hydrogen) atoms. The third kappa shape index (κ3) is 7.39. The summed E-state index contributed by atoms with van der Waals surface area (Å²) >= 11 is 0. The van der Waals surface area contributed by atoms with E-state index in [4.69, 9.17) is 0 Å². The second kappa shape index (κ2) is 3.42. The van der Waals surface area contributed by atoms with E-state index in [0.29, 0.717) is 0 Å². The van der Waals surface area contributed by atoms with Gasteiger partial charge in [-0.2, -0.15) is 4.89 Å². The third-order valence-electron chi connectivity index (χ3n) is 0.363. The van der Waals surface area contributed by atoms with Crippen molar-refractivity contribution in [3.8, 4) is 0 Å². The summed E-state index contributed by atoms with van der Waals surface area (Å²) in [5.41, 5.74) is -0.455. The molecule has 0 spiro atoms. The Morgan fingerprint density at radius 2 is 1.89 bits per heavy atom. The molecule has 0 rings (SSSR count). The monoisotopic (exact) mass is 134 g/mol. The highest BCUT2D eigenvalue weighted by Crippen LogP contribution is 2.06. The number of carbonyl (C=O) groups is 1. The minimum atomic E-state index is -0.455. The topological polar surface area (TPSA) is 44.8 Å². The van der Waals surface area contributed by atoms with Crippen molar-refractivity contribution in [3.63, 3.8) is 0 Å². The molecule has 0 amide bonds. The molecular formula is C5H10O4. The molecule has 0 radical (unpaired) electrons. The molecule has 0 aliphatic carbocycles. The molecule has 0 unspecified atom stereocenters. The highest BCUT2D eigenvalue weighted by atomic mass is 17.5. The smallest absolute Gasteiger partial charge is 0.272 e. The predicted octanol–water partition coefficient (Wildman–Crippen LogP) is 0.821. The first-order chi connectivity index (χ1) is 4.06. The van der Waals surface area contributed by atoms with Crippen LogP contribution in [0.1, 0.15) is 20.8 Å². The van der Waals surface area contributed by atoms with Gasteiger partial charge in [-0.25, -0.2) is 0 Å². The largest absolute Gasteiger partial charge is 0.334 e. The van der Waals surface area contributed by atoms with Gasteiger partial charge in [0.15, 0.2) is 0 Å². The van der Waals surface area contributed by atoms with Crippen LogP contribution in [0.4, 0.5) is 0 Å². The molecule has 0 N–H and O–H groups in total. The minimum Gasteiger partial charge on any atom is -0.272 e. The van der Waals surface area contributed by atoms with Crippen molar-refractivity contribution in [3.05, 3.63) is 0 Å². The van der Waals surface area contributed by atoms with Crippen molar-refractivity contribution < 1.29 is 19.6 Å². The van der Waals surface area contributed by atoms with Crippen molar-refractivity contribution in [2.24, 2.45) is 0 Å². The lowest BCUT2D eigenvalue weighted by atomic mass is 10.2. The lowest BCUT2D eigenvalue weighted by Gasteiger charge is -2.13. The molecule has 0 saturated heterocycles. The van der Waals surface area contributed by atoms with Gasteiger partial charge >= 0.3 is 6.47 Å². The van der Waals surface area contributed by atoms with Crippen LogP contribution in [0.15, 0.2) is 0 Å². The van der Waals surface area contributed by atoms with E-state index in [1.165, 1.54) is 0 Å². The summed E-state index contributed by atoms with van der Waals surface area (Å²) in [4.78, 5) is 17.8. The number of rotatable bonds is 3. The Bertz CT molecular complexity index is 83.4. The van der Waals surface area contributed by atoms with Crippen LogP contribution in [0.25, 0.3) is 0 Å². The van der Waals surface area contributed by atoms with Gasteiger partial charge in [0.25, 0.3) is 0 Å². The maximum atomic E-state index is 9.46. The average Bonchev–Trinajstić information content (AvgIpc) is 1.63. The van der Waals surface area contributed by atoms with E-state index in [1.807, 2.05) is 0 Å². The predicted molar refractivity (Wildman–Crippen MR) is 29.1 cm³/mol. The van der Waals surface area contributed by atoms with Gasteiger partial charge in [0, 0.05) is 0 Å². The fourth-order valence-electron chi connectivity index (χ4n) is 0.138. The van der Waals surface area contributed by atoms with E-state index in [2.05, 4.69) is 14.8 Å². The molecule has 0 heterocycles. The fraction of sp³-hybridized carbons (Fsp3) is 0.800. The molecule has 4 heteroatoms. The van der Waals surface area contributed by atoms with Crippen LogP contribution in [-0.4, -0.2) is 12.1 Å². The van der Waals surface area contributed by atoms with Crippen molar-refractivity contribution in [1.29, 1.82) is 0 Å². The van der Waals surface area contributed by atoms with E-state index >= 15 is 0 Å². The van der Waals surface area contributed by atoms with Crippen LogP contribution in [0.5, 0.6) is 0 Å². The molecule has 0 aromatic rings. The molecule has 0 aromatic carbocycles. The lowest BCUT2D eigenvalue weighted by Crippen LogP contribution is -2.19. The summed E-state index contributed by atoms with van der Waals surface area (Å²) < 4.78 is 0. The quantitative estimate of drug-likeness (QED) is 0.248. The summed E-state index contributed by atoms with van der Waals surface area (Å²) in [6.45, 7) is 5.44. The van der Waals surface area contributed by atoms with Crippen molar-refractivity contribution in [2.45, 2.75) is 26.4 Å². The fourth-order valence-corrected chi connectivity index (χ4v) is 0.138. The molecule has 0 bridgehead atoms. The second-order valence-corrected chi connectivity index (χ2v) is 2.46. The molecule has 0 aromatic heterocycles. The molecule has 0 aliphatic rings. The zero-order valence-corrected chi connectivity index (χ0v) is 5.71. The Labute approximate surface area is 53.6 Å². The van der Waals surface area contributed by atoms with Crippen LogP contribution in [0.3, 0.4) is 0 Å². The van der Waals surface area contributed by atoms with Crippen molar-refractivity contribution >= 4 is 6.47 Å². The van der Waals surface area contributed by atoms with E-state index in [9.17, 15) is 4.79 Å². The maximum absolute atomic E-state index is 9.46. The van der Waals surface area contributed by atoms with Crippen LogP contribution in [0, 0.1) is 0 Å². The van der Waals surface area contributed by atoms with E-state index < -0.39 is 5.60 Å². The van der Waals surface area contributed by atoms with Crippen molar-refractivity contribution in [1.82, 2.24) is 0 Å². The van der Waals surface area contributed by atoms with E-state index in [0.717, 1.165) is 0 Å². The zero-order valence-electron chi connectivity index (χ0n) is 5.71. The standard InChI is InChI=1S/C5H10O4/c1-5(2,3)8-9-7-4-6/h4H,1-3H3. The zero-order chi connectivity index (χ0) is 7.33. The van der Waals surface area contributed by atoms with Gasteiger partial charge < -0.3 is 0 Å². The van der Waals surface area contributed by atoms with E-state index in [1.54, 1.807) is 20.8 Å². The van der Waals surface area contributed by atoms with Gasteiger partial charge in [0.1, 0.15) is 0 Å². The summed E-state index contributed by atoms with van der Waals surface area (Å²) in [5, 5.41) is 3.98. The molecule has 0 saturated carbocycles. The second-order valence-electron chi connectivity index (χ2n) is 2.46. The summed E-state index contributed by atoms with van der Waals surface area (Å²) in [5.74, 6) is 0. The van der Waals surface area contributed by atoms with Crippen LogP contribution < -0.4 is 0 Å². The van der Waals surface area contributed by atoms with Gasteiger partial charge in [0.2, 0.25) is 0 Å². The summed E-state index contributed by atoms with van der Waals surface area (Å²) in [6.07, 6.45) is 0. The van der Waals surface area contributed by atoms with Gasteiger partial charge in [-0.05, 0) is 25.8 Å². The van der Waals surface area contributed by atoms with Gasteiger partial charge in [-0.3, -0.25) is 9.68 Å². The number of hydrogen-bond donors (Lipinski definition) is 0. The third-order valence-corrected chi connectivity index (χ3v) is 0.363. The first-order valence-electron chi connectivity index (χ1n) is 2.51. The first-order valence-corrected chi connectivity index (χ1v) is 2.51. The molecule has 0 aliphatic heterocycles. The Hall–Kier alpha value is -0.610. The average molecular weight is 134 g/mol. The summed E-state index contributed by atoms with van der Waals surface area (Å²) in [6, 6.07) is 0. The summed E-state index contributed by atoms with van der Waals surface area (Å²) in [7, 11) is 0. The highest BCUT2D eigenvalue weighted by Gasteiger charge is 2.11. The van der Waals surface area contributed by atoms with Crippen LogP contribution in [0.2, 0.25) is 0 Å². The van der Waals surface area contributed by atoms with Crippen LogP contribution >= 0.6 is 0 Å². The first kappa shape index (κ1) is 8.39. The van der Waals surface area contributed by atoms with Gasteiger partial charge in [-0.1, -0.05) is 0 Å².